The maximum Gasteiger partial charge on any atom is 0.191 e. The SMILES string of the molecule is CN=C(NCCc1cc(C)cc(C)c1)NCC(C1CC1)N(C)C. The smallest absolute Gasteiger partial charge is 0.191 e. The Morgan fingerprint density at radius 1 is 1.17 bits per heavy atom. The fraction of sp³-hybridized carbons (Fsp3) is 0.632. The molecule has 0 aromatic heterocycles. The van der Waals surface area contributed by atoms with Gasteiger partial charge in [0.15, 0.2) is 5.96 Å². The molecule has 1 aliphatic rings. The predicted octanol–water partition coefficient (Wildman–Crippen LogP) is 2.35. The molecule has 2 rings (SSSR count). The molecule has 1 aliphatic carbocycles. The Bertz CT molecular complexity index is 510. The van der Waals surface area contributed by atoms with E-state index in [1.54, 1.807) is 0 Å². The first kappa shape index (κ1) is 17.8. The van der Waals surface area contributed by atoms with Crippen molar-refractivity contribution in [2.75, 3.05) is 34.2 Å². The molecule has 0 bridgehead atoms. The fourth-order valence-corrected chi connectivity index (χ4v) is 3.21. The van der Waals surface area contributed by atoms with Gasteiger partial charge >= 0.3 is 0 Å². The van der Waals surface area contributed by atoms with Crippen LogP contribution in [0.15, 0.2) is 23.2 Å². The molecule has 0 heterocycles. The zero-order chi connectivity index (χ0) is 16.8. The largest absolute Gasteiger partial charge is 0.356 e. The lowest BCUT2D eigenvalue weighted by Gasteiger charge is -2.25. The molecular weight excluding hydrogens is 284 g/mol. The maximum atomic E-state index is 4.34. The van der Waals surface area contributed by atoms with E-state index < -0.39 is 0 Å². The molecule has 1 saturated carbocycles. The van der Waals surface area contributed by atoms with Gasteiger partial charge in [0.2, 0.25) is 0 Å². The van der Waals surface area contributed by atoms with E-state index >= 15 is 0 Å². The highest BCUT2D eigenvalue weighted by Crippen LogP contribution is 2.34. The monoisotopic (exact) mass is 316 g/mol. The number of aryl methyl sites for hydroxylation is 2. The van der Waals surface area contributed by atoms with Crippen LogP contribution in [0.1, 0.15) is 29.5 Å². The average molecular weight is 316 g/mol. The van der Waals surface area contributed by atoms with Gasteiger partial charge in [-0.15, -0.1) is 0 Å². The van der Waals surface area contributed by atoms with Gasteiger partial charge in [-0.05, 0) is 58.7 Å². The summed E-state index contributed by atoms with van der Waals surface area (Å²) in [6, 6.07) is 7.35. The minimum Gasteiger partial charge on any atom is -0.356 e. The van der Waals surface area contributed by atoms with Crippen molar-refractivity contribution in [2.24, 2.45) is 10.9 Å². The van der Waals surface area contributed by atoms with Gasteiger partial charge in [0, 0.05) is 26.2 Å². The molecule has 4 heteroatoms. The van der Waals surface area contributed by atoms with Gasteiger partial charge < -0.3 is 15.5 Å². The van der Waals surface area contributed by atoms with E-state index in [1.165, 1.54) is 29.5 Å². The molecule has 1 fully saturated rings. The molecule has 0 saturated heterocycles. The normalized spacial score (nSPS) is 16.5. The van der Waals surface area contributed by atoms with Crippen LogP contribution >= 0.6 is 0 Å². The summed E-state index contributed by atoms with van der Waals surface area (Å²) in [7, 11) is 6.18. The Labute approximate surface area is 141 Å². The Hall–Kier alpha value is -1.55. The van der Waals surface area contributed by atoms with Crippen molar-refractivity contribution in [3.8, 4) is 0 Å². The van der Waals surface area contributed by atoms with Crippen LogP contribution < -0.4 is 10.6 Å². The molecule has 0 amide bonds. The number of aliphatic imine (C=N–C) groups is 1. The molecule has 128 valence electrons. The van der Waals surface area contributed by atoms with Crippen LogP contribution in [0, 0.1) is 19.8 Å². The third kappa shape index (κ3) is 5.87. The molecule has 1 unspecified atom stereocenters. The van der Waals surface area contributed by atoms with Crippen LogP contribution in [0.5, 0.6) is 0 Å². The van der Waals surface area contributed by atoms with E-state index in [1.807, 2.05) is 7.05 Å². The van der Waals surface area contributed by atoms with E-state index in [9.17, 15) is 0 Å². The van der Waals surface area contributed by atoms with Gasteiger partial charge in [0.25, 0.3) is 0 Å². The number of benzene rings is 1. The number of nitrogens with one attached hydrogen (secondary N) is 2. The van der Waals surface area contributed by atoms with Gasteiger partial charge in [0.05, 0.1) is 0 Å². The quantitative estimate of drug-likeness (QED) is 0.599. The minimum absolute atomic E-state index is 0.605. The summed E-state index contributed by atoms with van der Waals surface area (Å²) in [6.45, 7) is 6.17. The van der Waals surface area contributed by atoms with Gasteiger partial charge in [-0.3, -0.25) is 4.99 Å². The summed E-state index contributed by atoms with van der Waals surface area (Å²) in [4.78, 5) is 6.67. The highest BCUT2D eigenvalue weighted by atomic mass is 15.2. The summed E-state index contributed by atoms with van der Waals surface area (Å²) >= 11 is 0. The zero-order valence-electron chi connectivity index (χ0n) is 15.3. The number of likely N-dealkylation sites (N-methyl/N-ethyl adjacent to an activating group) is 1. The summed E-state index contributed by atoms with van der Waals surface area (Å²) in [5.74, 6) is 1.76. The predicted molar refractivity (Wildman–Crippen MR) is 99.2 cm³/mol. The van der Waals surface area contributed by atoms with Crippen molar-refractivity contribution < 1.29 is 0 Å². The number of nitrogens with zero attached hydrogens (tertiary/aromatic N) is 2. The van der Waals surface area contributed by atoms with E-state index in [2.05, 4.69) is 66.7 Å². The second kappa shape index (κ2) is 8.34. The third-order valence-electron chi connectivity index (χ3n) is 4.52. The first-order valence-electron chi connectivity index (χ1n) is 8.67. The molecule has 23 heavy (non-hydrogen) atoms. The zero-order valence-corrected chi connectivity index (χ0v) is 15.3. The summed E-state index contributed by atoms with van der Waals surface area (Å²) in [5, 5.41) is 6.91. The fourth-order valence-electron chi connectivity index (χ4n) is 3.21. The maximum absolute atomic E-state index is 4.34. The van der Waals surface area contributed by atoms with E-state index in [0.29, 0.717) is 6.04 Å². The first-order valence-corrected chi connectivity index (χ1v) is 8.67. The van der Waals surface area contributed by atoms with Crippen molar-refractivity contribution in [1.82, 2.24) is 15.5 Å². The van der Waals surface area contributed by atoms with Gasteiger partial charge in [-0.25, -0.2) is 0 Å². The Morgan fingerprint density at radius 2 is 1.83 bits per heavy atom. The number of rotatable bonds is 7. The lowest BCUT2D eigenvalue weighted by molar-refractivity contribution is 0.264. The number of guanidine groups is 1. The second-order valence-electron chi connectivity index (χ2n) is 6.99. The van der Waals surface area contributed by atoms with Crippen LogP contribution in [0.3, 0.4) is 0 Å². The molecule has 1 atom stereocenters. The molecule has 4 nitrogen and oxygen atoms in total. The highest BCUT2D eigenvalue weighted by molar-refractivity contribution is 5.79. The Morgan fingerprint density at radius 3 is 2.35 bits per heavy atom. The average Bonchev–Trinajstić information content (AvgIpc) is 3.29. The van der Waals surface area contributed by atoms with Crippen molar-refractivity contribution >= 4 is 5.96 Å². The van der Waals surface area contributed by atoms with Crippen LogP contribution in [-0.4, -0.2) is 51.1 Å². The minimum atomic E-state index is 0.605. The van der Waals surface area contributed by atoms with Gasteiger partial charge in [-0.2, -0.15) is 0 Å². The third-order valence-corrected chi connectivity index (χ3v) is 4.52. The van der Waals surface area contributed by atoms with Crippen LogP contribution in [0.2, 0.25) is 0 Å². The van der Waals surface area contributed by atoms with Gasteiger partial charge in [-0.1, -0.05) is 29.3 Å². The first-order chi connectivity index (χ1) is 11.0. The van der Waals surface area contributed by atoms with Crippen molar-refractivity contribution in [3.63, 3.8) is 0 Å². The molecule has 2 N–H and O–H groups in total. The molecule has 1 aromatic rings. The molecule has 0 radical (unpaired) electrons. The summed E-state index contributed by atoms with van der Waals surface area (Å²) < 4.78 is 0. The number of hydrogen-bond acceptors (Lipinski definition) is 2. The van der Waals surface area contributed by atoms with Crippen molar-refractivity contribution in [3.05, 3.63) is 34.9 Å². The van der Waals surface area contributed by atoms with E-state index in [-0.39, 0.29) is 0 Å². The van der Waals surface area contributed by atoms with E-state index in [4.69, 9.17) is 0 Å². The summed E-state index contributed by atoms with van der Waals surface area (Å²) in [6.07, 6.45) is 3.75. The molecule has 0 spiro atoms. The van der Waals surface area contributed by atoms with E-state index in [0.717, 1.165) is 31.4 Å². The second-order valence-corrected chi connectivity index (χ2v) is 6.99. The van der Waals surface area contributed by atoms with Gasteiger partial charge in [0.1, 0.15) is 0 Å². The molecule has 0 aliphatic heterocycles. The van der Waals surface area contributed by atoms with Crippen molar-refractivity contribution in [2.45, 2.75) is 39.2 Å². The lowest BCUT2D eigenvalue weighted by atomic mass is 10.1. The number of hydrogen-bond donors (Lipinski definition) is 2. The van der Waals surface area contributed by atoms with Crippen LogP contribution in [0.25, 0.3) is 0 Å². The Kier molecular flexibility index (Phi) is 6.46. The van der Waals surface area contributed by atoms with Crippen LogP contribution in [0.4, 0.5) is 0 Å². The molecule has 1 aromatic carbocycles. The standard InChI is InChI=1S/C19H32N4/c1-14-10-15(2)12-16(11-14)8-9-21-19(20-3)22-13-18(23(4)5)17-6-7-17/h10-12,17-18H,6-9,13H2,1-5H3,(H2,20,21,22). The topological polar surface area (TPSA) is 39.7 Å². The lowest BCUT2D eigenvalue weighted by Crippen LogP contribution is -2.46. The highest BCUT2D eigenvalue weighted by Gasteiger charge is 2.32. The van der Waals surface area contributed by atoms with Crippen LogP contribution in [-0.2, 0) is 6.42 Å². The Balaban J connectivity index is 1.76. The molecular formula is C19H32N4. The summed E-state index contributed by atoms with van der Waals surface area (Å²) in [5.41, 5.74) is 4.05. The van der Waals surface area contributed by atoms with Crippen molar-refractivity contribution in [1.29, 1.82) is 0 Å².